The monoisotopic (exact) mass is 384 g/mol. The number of hydrogen-bond acceptors (Lipinski definition) is 5. The molecule has 0 amide bonds. The van der Waals surface area contributed by atoms with Crippen molar-refractivity contribution in [3.8, 4) is 22.5 Å². The largest absolute Gasteiger partial charge is 0.338 e. The zero-order chi connectivity index (χ0) is 20.0. The Kier molecular flexibility index (Phi) is 4.40. The summed E-state index contributed by atoms with van der Waals surface area (Å²) in [5.74, 6) is 0.744. The highest BCUT2D eigenvalue weighted by molar-refractivity contribution is 6.23. The predicted octanol–water partition coefficient (Wildman–Crippen LogP) is 3.81. The molecule has 0 saturated carbocycles. The van der Waals surface area contributed by atoms with Gasteiger partial charge < -0.3 is 9.80 Å². The summed E-state index contributed by atoms with van der Waals surface area (Å²) in [7, 11) is 0. The maximum Gasteiger partial charge on any atom is 0.226 e. The average Bonchev–Trinajstić information content (AvgIpc) is 3.06. The van der Waals surface area contributed by atoms with E-state index in [0.29, 0.717) is 5.56 Å². The van der Waals surface area contributed by atoms with Crippen LogP contribution < -0.4 is 4.90 Å². The molecule has 0 spiro atoms. The molecular weight excluding hydrogens is 360 g/mol. The molecule has 1 saturated heterocycles. The van der Waals surface area contributed by atoms with E-state index in [1.54, 1.807) is 0 Å². The predicted molar refractivity (Wildman–Crippen MR) is 115 cm³/mol. The lowest BCUT2D eigenvalue weighted by molar-refractivity contribution is 0.104. The highest BCUT2D eigenvalue weighted by Crippen LogP contribution is 2.40. The van der Waals surface area contributed by atoms with Crippen LogP contribution in [-0.4, -0.2) is 53.4 Å². The first kappa shape index (κ1) is 18.0. The smallest absolute Gasteiger partial charge is 0.226 e. The van der Waals surface area contributed by atoms with Crippen molar-refractivity contribution >= 4 is 11.7 Å². The van der Waals surface area contributed by atoms with Crippen molar-refractivity contribution in [2.24, 2.45) is 0 Å². The quantitative estimate of drug-likeness (QED) is 0.538. The summed E-state index contributed by atoms with van der Waals surface area (Å²) in [5, 5.41) is 0. The lowest BCUT2D eigenvalue weighted by Crippen LogP contribution is -2.46. The molecule has 1 fully saturated rings. The number of aromatic nitrogens is 2. The fourth-order valence-corrected chi connectivity index (χ4v) is 4.21. The Morgan fingerprint density at radius 2 is 1.52 bits per heavy atom. The van der Waals surface area contributed by atoms with Crippen molar-refractivity contribution in [3.63, 3.8) is 0 Å². The van der Waals surface area contributed by atoms with E-state index in [9.17, 15) is 4.79 Å². The molecule has 1 aliphatic heterocycles. The van der Waals surface area contributed by atoms with Gasteiger partial charge in [-0.05, 0) is 13.5 Å². The number of rotatable bonds is 3. The molecule has 0 bridgehead atoms. The second-order valence-electron chi connectivity index (χ2n) is 7.76. The van der Waals surface area contributed by atoms with Gasteiger partial charge in [0.15, 0.2) is 5.78 Å². The Balaban J connectivity index is 1.66. The van der Waals surface area contributed by atoms with Crippen LogP contribution in [0.5, 0.6) is 0 Å². The van der Waals surface area contributed by atoms with Gasteiger partial charge in [-0.3, -0.25) is 4.79 Å². The van der Waals surface area contributed by atoms with E-state index in [-0.39, 0.29) is 5.78 Å². The molecule has 146 valence electrons. The molecule has 0 atom stereocenters. The molecule has 0 N–H and O–H groups in total. The number of carbonyl (C=O) groups is 1. The van der Waals surface area contributed by atoms with Crippen LogP contribution in [0.25, 0.3) is 22.5 Å². The Morgan fingerprint density at radius 3 is 2.21 bits per heavy atom. The van der Waals surface area contributed by atoms with Crippen molar-refractivity contribution < 1.29 is 4.79 Å². The van der Waals surface area contributed by atoms with Gasteiger partial charge in [0.2, 0.25) is 5.95 Å². The van der Waals surface area contributed by atoms with Gasteiger partial charge in [0.25, 0.3) is 0 Å². The van der Waals surface area contributed by atoms with Crippen LogP contribution in [0.2, 0.25) is 0 Å². The van der Waals surface area contributed by atoms with Gasteiger partial charge in [-0.15, -0.1) is 0 Å². The van der Waals surface area contributed by atoms with Crippen molar-refractivity contribution in [1.82, 2.24) is 14.9 Å². The van der Waals surface area contributed by atoms with Crippen LogP contribution >= 0.6 is 0 Å². The Hall–Kier alpha value is -3.05. The topological polar surface area (TPSA) is 49.3 Å². The van der Waals surface area contributed by atoms with Gasteiger partial charge in [-0.25, -0.2) is 9.97 Å². The van der Waals surface area contributed by atoms with E-state index in [4.69, 9.17) is 9.97 Å². The second kappa shape index (κ2) is 7.08. The van der Waals surface area contributed by atoms with E-state index in [1.165, 1.54) is 5.56 Å². The molecular formula is C24H24N4O. The lowest BCUT2D eigenvalue weighted by atomic mass is 10.0. The number of ketones is 1. The van der Waals surface area contributed by atoms with Gasteiger partial charge in [-0.2, -0.15) is 0 Å². The summed E-state index contributed by atoms with van der Waals surface area (Å²) in [6, 6.07) is 16.0. The molecule has 1 aromatic heterocycles. The molecule has 5 heteroatoms. The maximum atomic E-state index is 13.2. The normalized spacial score (nSPS) is 16.1. The van der Waals surface area contributed by atoms with Gasteiger partial charge in [0.05, 0.1) is 17.0 Å². The molecule has 1 aliphatic carbocycles. The minimum Gasteiger partial charge on any atom is -0.338 e. The third-order valence-electron chi connectivity index (χ3n) is 5.98. The number of fused-ring (bicyclic) bond motifs is 3. The van der Waals surface area contributed by atoms with Crippen LogP contribution in [0.3, 0.4) is 0 Å². The van der Waals surface area contributed by atoms with Crippen LogP contribution in [0.15, 0.2) is 48.5 Å². The van der Waals surface area contributed by atoms with Crippen LogP contribution in [0.4, 0.5) is 5.95 Å². The molecule has 3 aromatic rings. The van der Waals surface area contributed by atoms with Crippen molar-refractivity contribution in [1.29, 1.82) is 0 Å². The molecule has 2 aliphatic rings. The lowest BCUT2D eigenvalue weighted by Gasteiger charge is -2.34. The Labute approximate surface area is 171 Å². The highest BCUT2D eigenvalue weighted by Gasteiger charge is 2.33. The SMILES string of the molecule is CCN1CCN(c2nc(-c3ccc(C)cc3)c3c(n2)-c2ccccc2C3=O)CC1. The van der Waals surface area contributed by atoms with E-state index in [1.807, 2.05) is 36.4 Å². The number of nitrogens with zero attached hydrogens (tertiary/aromatic N) is 4. The van der Waals surface area contributed by atoms with Crippen molar-refractivity contribution in [2.75, 3.05) is 37.6 Å². The minimum absolute atomic E-state index is 0.0218. The number of piperazine rings is 1. The van der Waals surface area contributed by atoms with E-state index >= 15 is 0 Å². The summed E-state index contributed by atoms with van der Waals surface area (Å²) in [6.45, 7) is 9.13. The molecule has 0 unspecified atom stereocenters. The highest BCUT2D eigenvalue weighted by atomic mass is 16.1. The van der Waals surface area contributed by atoms with Crippen LogP contribution in [0, 0.1) is 6.92 Å². The summed E-state index contributed by atoms with van der Waals surface area (Å²) < 4.78 is 0. The molecule has 29 heavy (non-hydrogen) atoms. The first-order valence-electron chi connectivity index (χ1n) is 10.3. The fraction of sp³-hybridized carbons (Fsp3) is 0.292. The number of aryl methyl sites for hydroxylation is 1. The maximum absolute atomic E-state index is 13.2. The molecule has 2 heterocycles. The van der Waals surface area contributed by atoms with E-state index in [0.717, 1.165) is 66.8 Å². The second-order valence-corrected chi connectivity index (χ2v) is 7.76. The number of anilines is 1. The summed E-state index contributed by atoms with van der Waals surface area (Å²) in [6.07, 6.45) is 0. The third kappa shape index (κ3) is 3.02. The zero-order valence-corrected chi connectivity index (χ0v) is 16.9. The van der Waals surface area contributed by atoms with Crippen molar-refractivity contribution in [3.05, 3.63) is 65.2 Å². The van der Waals surface area contributed by atoms with Crippen LogP contribution in [-0.2, 0) is 0 Å². The van der Waals surface area contributed by atoms with E-state index < -0.39 is 0 Å². The average molecular weight is 384 g/mol. The fourth-order valence-electron chi connectivity index (χ4n) is 4.21. The van der Waals surface area contributed by atoms with Gasteiger partial charge in [-0.1, -0.05) is 61.0 Å². The standard InChI is InChI=1S/C24H24N4O/c1-3-27-12-14-28(15-13-27)24-25-21(17-10-8-16(2)9-11-17)20-22(26-24)18-6-4-5-7-19(18)23(20)29/h4-11H,3,12-15H2,1-2H3. The Morgan fingerprint density at radius 1 is 0.862 bits per heavy atom. The summed E-state index contributed by atoms with van der Waals surface area (Å²) in [5.41, 5.74) is 5.92. The van der Waals surface area contributed by atoms with Gasteiger partial charge >= 0.3 is 0 Å². The molecule has 5 rings (SSSR count). The third-order valence-corrected chi connectivity index (χ3v) is 5.98. The first-order valence-corrected chi connectivity index (χ1v) is 10.3. The van der Waals surface area contributed by atoms with Gasteiger partial charge in [0, 0.05) is 42.9 Å². The van der Waals surface area contributed by atoms with E-state index in [2.05, 4.69) is 35.8 Å². The molecule has 5 nitrogen and oxygen atoms in total. The molecule has 2 aromatic carbocycles. The number of benzene rings is 2. The number of hydrogen-bond donors (Lipinski definition) is 0. The summed E-state index contributed by atoms with van der Waals surface area (Å²) >= 11 is 0. The summed E-state index contributed by atoms with van der Waals surface area (Å²) in [4.78, 5) is 27.7. The molecule has 0 radical (unpaired) electrons. The van der Waals surface area contributed by atoms with Crippen LogP contribution in [0.1, 0.15) is 28.4 Å². The number of carbonyl (C=O) groups excluding carboxylic acids is 1. The van der Waals surface area contributed by atoms with Crippen molar-refractivity contribution in [2.45, 2.75) is 13.8 Å². The van der Waals surface area contributed by atoms with Gasteiger partial charge in [0.1, 0.15) is 0 Å². The first-order chi connectivity index (χ1) is 14.2. The Bertz CT molecular complexity index is 1080. The number of likely N-dealkylation sites (N-methyl/N-ethyl adjacent to an activating group) is 1. The minimum atomic E-state index is 0.0218. The zero-order valence-electron chi connectivity index (χ0n) is 16.9.